The summed E-state index contributed by atoms with van der Waals surface area (Å²) >= 11 is 1.53. The van der Waals surface area contributed by atoms with Crippen LogP contribution in [0, 0.1) is 0 Å². The van der Waals surface area contributed by atoms with Gasteiger partial charge in [-0.25, -0.2) is 0 Å². The minimum absolute atomic E-state index is 0.209. The lowest BCUT2D eigenvalue weighted by Gasteiger charge is -2.15. The fourth-order valence-corrected chi connectivity index (χ4v) is 3.90. The van der Waals surface area contributed by atoms with Crippen LogP contribution >= 0.6 is 11.3 Å². The van der Waals surface area contributed by atoms with Crippen LogP contribution in [0.1, 0.15) is 32.1 Å². The van der Waals surface area contributed by atoms with Crippen LogP contribution in [0.5, 0.6) is 0 Å². The summed E-state index contributed by atoms with van der Waals surface area (Å²) in [5.41, 5.74) is 7.68. The predicted octanol–water partition coefficient (Wildman–Crippen LogP) is 2.06. The van der Waals surface area contributed by atoms with E-state index >= 15 is 0 Å². The highest BCUT2D eigenvalue weighted by Crippen LogP contribution is 2.30. The number of hydrogen-bond donors (Lipinski definition) is 2. The van der Waals surface area contributed by atoms with E-state index in [0.29, 0.717) is 11.3 Å². The summed E-state index contributed by atoms with van der Waals surface area (Å²) in [6.45, 7) is 0. The third kappa shape index (κ3) is 3.20. The van der Waals surface area contributed by atoms with Crippen LogP contribution in [0.15, 0.2) is 36.4 Å². The van der Waals surface area contributed by atoms with Gasteiger partial charge < -0.3 is 11.1 Å². The van der Waals surface area contributed by atoms with E-state index in [1.165, 1.54) is 28.2 Å². The van der Waals surface area contributed by atoms with Gasteiger partial charge in [-0.2, -0.15) is 0 Å². The number of carbonyl (C=O) groups excluding carboxylic acids is 2. The van der Waals surface area contributed by atoms with Crippen molar-refractivity contribution in [3.63, 3.8) is 0 Å². The highest BCUT2D eigenvalue weighted by molar-refractivity contribution is 7.14. The number of nitrogens with one attached hydrogen (secondary N) is 1. The molecule has 0 spiro atoms. The van der Waals surface area contributed by atoms with Gasteiger partial charge in [-0.1, -0.05) is 30.3 Å². The number of benzene rings is 1. The molecule has 0 bridgehead atoms. The molecular weight excluding hydrogens is 296 g/mol. The molecule has 0 radical (unpaired) electrons. The van der Waals surface area contributed by atoms with E-state index in [1.807, 2.05) is 36.4 Å². The molecular formula is C17H18N2O2S. The van der Waals surface area contributed by atoms with Crippen LogP contribution < -0.4 is 11.1 Å². The molecule has 1 aliphatic rings. The number of rotatable bonds is 5. The van der Waals surface area contributed by atoms with E-state index in [-0.39, 0.29) is 5.91 Å². The topological polar surface area (TPSA) is 72.2 Å². The van der Waals surface area contributed by atoms with Crippen molar-refractivity contribution in [2.75, 3.05) is 0 Å². The maximum Gasteiger partial charge on any atom is 0.262 e. The van der Waals surface area contributed by atoms with Gasteiger partial charge in [-0.15, -0.1) is 11.3 Å². The second-order valence-electron chi connectivity index (χ2n) is 5.53. The van der Waals surface area contributed by atoms with Crippen LogP contribution in [0.3, 0.4) is 0 Å². The van der Waals surface area contributed by atoms with Crippen molar-refractivity contribution >= 4 is 23.2 Å². The van der Waals surface area contributed by atoms with E-state index in [2.05, 4.69) is 5.32 Å². The average molecular weight is 314 g/mol. The molecule has 1 heterocycles. The number of fused-ring (bicyclic) bond motifs is 1. The second-order valence-corrected chi connectivity index (χ2v) is 6.67. The zero-order valence-corrected chi connectivity index (χ0v) is 13.0. The van der Waals surface area contributed by atoms with E-state index in [1.54, 1.807) is 0 Å². The van der Waals surface area contributed by atoms with Gasteiger partial charge >= 0.3 is 0 Å². The van der Waals surface area contributed by atoms with Crippen LogP contribution in [0.2, 0.25) is 0 Å². The summed E-state index contributed by atoms with van der Waals surface area (Å²) in [7, 11) is 0. The van der Waals surface area contributed by atoms with Crippen molar-refractivity contribution < 1.29 is 9.59 Å². The Hall–Kier alpha value is -2.14. The molecule has 0 fully saturated rings. The van der Waals surface area contributed by atoms with Gasteiger partial charge in [0.05, 0.1) is 4.88 Å². The molecule has 0 aliphatic heterocycles. The summed E-state index contributed by atoms with van der Waals surface area (Å²) in [6, 6.07) is 10.8. The lowest BCUT2D eigenvalue weighted by atomic mass is 10.1. The Morgan fingerprint density at radius 2 is 2.00 bits per heavy atom. The Kier molecular flexibility index (Phi) is 4.24. The standard InChI is InChI=1S/C17H18N2O2S/c18-16(20)13(9-11-5-2-1-3-6-11)19-17(21)15-10-12-7-4-8-14(12)22-15/h1-3,5-6,10,13H,4,7-9H2,(H2,18,20)(H,19,21)/t13-/m1/s1. The summed E-state index contributed by atoms with van der Waals surface area (Å²) < 4.78 is 0. The molecule has 1 aromatic carbocycles. The minimum atomic E-state index is -0.688. The van der Waals surface area contributed by atoms with Gasteiger partial charge in [0.1, 0.15) is 6.04 Å². The third-order valence-corrected chi connectivity index (χ3v) is 5.14. The molecule has 0 saturated heterocycles. The third-order valence-electron chi connectivity index (χ3n) is 3.90. The van der Waals surface area contributed by atoms with Gasteiger partial charge in [0.15, 0.2) is 0 Å². The molecule has 1 aromatic heterocycles. The summed E-state index contributed by atoms with van der Waals surface area (Å²) in [5, 5.41) is 2.77. The van der Waals surface area contributed by atoms with Crippen LogP contribution in [-0.2, 0) is 24.1 Å². The van der Waals surface area contributed by atoms with Crippen molar-refractivity contribution in [2.45, 2.75) is 31.7 Å². The van der Waals surface area contributed by atoms with E-state index < -0.39 is 11.9 Å². The Morgan fingerprint density at radius 3 is 2.68 bits per heavy atom. The summed E-state index contributed by atoms with van der Waals surface area (Å²) in [6.07, 6.45) is 3.67. The van der Waals surface area contributed by atoms with Gasteiger partial charge in [-0.3, -0.25) is 9.59 Å². The monoisotopic (exact) mass is 314 g/mol. The van der Waals surface area contributed by atoms with Crippen molar-refractivity contribution in [1.82, 2.24) is 5.32 Å². The predicted molar refractivity (Wildman–Crippen MR) is 86.9 cm³/mol. The smallest absolute Gasteiger partial charge is 0.262 e. The van der Waals surface area contributed by atoms with Crippen molar-refractivity contribution in [1.29, 1.82) is 0 Å². The molecule has 5 heteroatoms. The summed E-state index contributed by atoms with van der Waals surface area (Å²) in [4.78, 5) is 25.9. The molecule has 0 unspecified atom stereocenters. The second kappa shape index (κ2) is 6.32. The number of hydrogen-bond acceptors (Lipinski definition) is 3. The number of nitrogens with two attached hydrogens (primary N) is 1. The van der Waals surface area contributed by atoms with Gasteiger partial charge in [0, 0.05) is 11.3 Å². The van der Waals surface area contributed by atoms with Gasteiger partial charge in [0.2, 0.25) is 5.91 Å². The summed E-state index contributed by atoms with van der Waals surface area (Å²) in [5.74, 6) is -0.722. The molecule has 3 rings (SSSR count). The lowest BCUT2D eigenvalue weighted by molar-refractivity contribution is -0.119. The first-order chi connectivity index (χ1) is 10.6. The van der Waals surface area contributed by atoms with E-state index in [0.717, 1.165) is 18.4 Å². The van der Waals surface area contributed by atoms with E-state index in [4.69, 9.17) is 5.73 Å². The number of amides is 2. The SMILES string of the molecule is NC(=O)[C@@H](Cc1ccccc1)NC(=O)c1cc2c(s1)CCC2. The number of aryl methyl sites for hydroxylation is 2. The zero-order chi connectivity index (χ0) is 15.5. The molecule has 22 heavy (non-hydrogen) atoms. The van der Waals surface area contributed by atoms with Crippen molar-refractivity contribution in [3.8, 4) is 0 Å². The molecule has 0 saturated carbocycles. The molecule has 2 aromatic rings. The Bertz CT molecular complexity index is 672. The van der Waals surface area contributed by atoms with E-state index in [9.17, 15) is 9.59 Å². The molecule has 3 N–H and O–H groups in total. The normalized spacial score (nSPS) is 14.4. The quantitative estimate of drug-likeness (QED) is 0.886. The Morgan fingerprint density at radius 1 is 1.23 bits per heavy atom. The highest BCUT2D eigenvalue weighted by Gasteiger charge is 2.23. The first kappa shape index (κ1) is 14.8. The lowest BCUT2D eigenvalue weighted by Crippen LogP contribution is -2.45. The number of primary amides is 1. The van der Waals surface area contributed by atoms with Crippen LogP contribution in [0.4, 0.5) is 0 Å². The van der Waals surface area contributed by atoms with Crippen molar-refractivity contribution in [2.24, 2.45) is 5.73 Å². The van der Waals surface area contributed by atoms with Gasteiger partial charge in [0.25, 0.3) is 5.91 Å². The van der Waals surface area contributed by atoms with Gasteiger partial charge in [-0.05, 0) is 36.5 Å². The molecule has 4 nitrogen and oxygen atoms in total. The highest BCUT2D eigenvalue weighted by atomic mass is 32.1. The van der Waals surface area contributed by atoms with Crippen LogP contribution in [0.25, 0.3) is 0 Å². The number of thiophene rings is 1. The Labute approximate surface area is 133 Å². The maximum atomic E-state index is 12.3. The molecule has 1 aliphatic carbocycles. The molecule has 2 amide bonds. The maximum absolute atomic E-state index is 12.3. The molecule has 1 atom stereocenters. The first-order valence-electron chi connectivity index (χ1n) is 7.39. The fourth-order valence-electron chi connectivity index (χ4n) is 2.74. The van der Waals surface area contributed by atoms with Crippen molar-refractivity contribution in [3.05, 3.63) is 57.3 Å². The minimum Gasteiger partial charge on any atom is -0.368 e. The van der Waals surface area contributed by atoms with Crippen LogP contribution in [-0.4, -0.2) is 17.9 Å². The first-order valence-corrected chi connectivity index (χ1v) is 8.21. The largest absolute Gasteiger partial charge is 0.368 e. The number of carbonyl (C=O) groups is 2. The zero-order valence-electron chi connectivity index (χ0n) is 12.2. The Balaban J connectivity index is 1.70. The fraction of sp³-hybridized carbons (Fsp3) is 0.294. The average Bonchev–Trinajstić information content (AvgIpc) is 3.08. The molecule has 114 valence electrons.